The molecule has 1 fully saturated rings. The fraction of sp³-hybridized carbons (Fsp3) is 0.600. The van der Waals surface area contributed by atoms with Crippen LogP contribution in [0.15, 0.2) is 23.1 Å². The van der Waals surface area contributed by atoms with Crippen molar-refractivity contribution in [1.29, 1.82) is 0 Å². The molecular weight excluding hydrogens is 308 g/mol. The number of sulfonamides is 1. The molecule has 0 radical (unpaired) electrons. The maximum absolute atomic E-state index is 12.3. The average molecular weight is 331 g/mol. The van der Waals surface area contributed by atoms with E-state index in [-0.39, 0.29) is 10.9 Å². The first-order valence-corrected chi connectivity index (χ1v) is 9.31. The minimum atomic E-state index is -3.48. The van der Waals surface area contributed by atoms with Gasteiger partial charge in [0.25, 0.3) is 0 Å². The molecule has 1 aliphatic carbocycles. The smallest absolute Gasteiger partial charge is 0.240 e. The molecule has 0 amide bonds. The van der Waals surface area contributed by atoms with Crippen LogP contribution < -0.4 is 10.0 Å². The molecule has 2 rings (SSSR count). The van der Waals surface area contributed by atoms with Crippen molar-refractivity contribution in [3.8, 4) is 0 Å². The molecule has 1 aromatic rings. The van der Waals surface area contributed by atoms with Crippen molar-refractivity contribution >= 4 is 21.6 Å². The van der Waals surface area contributed by atoms with Crippen LogP contribution in [0.5, 0.6) is 0 Å². The van der Waals surface area contributed by atoms with Gasteiger partial charge in [-0.1, -0.05) is 24.6 Å². The highest BCUT2D eigenvalue weighted by molar-refractivity contribution is 7.89. The molecule has 1 atom stereocenters. The third-order valence-electron chi connectivity index (χ3n) is 3.75. The van der Waals surface area contributed by atoms with Gasteiger partial charge in [0.2, 0.25) is 10.0 Å². The van der Waals surface area contributed by atoms with Gasteiger partial charge >= 0.3 is 0 Å². The van der Waals surface area contributed by atoms with E-state index in [1.807, 2.05) is 6.92 Å². The topological polar surface area (TPSA) is 58.2 Å². The largest absolute Gasteiger partial charge is 0.313 e. The van der Waals surface area contributed by atoms with Gasteiger partial charge in [-0.15, -0.1) is 0 Å². The van der Waals surface area contributed by atoms with Crippen LogP contribution in [0, 0.1) is 5.92 Å². The summed E-state index contributed by atoms with van der Waals surface area (Å²) in [5.41, 5.74) is 0.916. The van der Waals surface area contributed by atoms with E-state index in [0.29, 0.717) is 17.5 Å². The standard InChI is InChI=1S/C15H23ClN2O2S/c1-3-8-17-10-13-6-7-14(9-15(13)16)21(19,20)18-11(2)12-4-5-12/h6-7,9,11-12,17-18H,3-5,8,10H2,1-2H3. The highest BCUT2D eigenvalue weighted by Gasteiger charge is 2.31. The number of benzene rings is 1. The molecule has 1 aliphatic rings. The Kier molecular flexibility index (Phi) is 5.66. The second kappa shape index (κ2) is 7.09. The zero-order valence-corrected chi connectivity index (χ0v) is 14.1. The van der Waals surface area contributed by atoms with Crippen LogP contribution in [0.25, 0.3) is 0 Å². The zero-order chi connectivity index (χ0) is 15.5. The van der Waals surface area contributed by atoms with Crippen molar-refractivity contribution in [3.05, 3.63) is 28.8 Å². The van der Waals surface area contributed by atoms with E-state index in [4.69, 9.17) is 11.6 Å². The second-order valence-corrected chi connectivity index (χ2v) is 7.80. The Labute approximate surface area is 132 Å². The molecule has 118 valence electrons. The monoisotopic (exact) mass is 330 g/mol. The first-order valence-electron chi connectivity index (χ1n) is 7.45. The minimum Gasteiger partial charge on any atom is -0.313 e. The number of rotatable bonds is 8. The Bertz CT molecular complexity index is 585. The quantitative estimate of drug-likeness (QED) is 0.720. The molecule has 0 bridgehead atoms. The van der Waals surface area contributed by atoms with Gasteiger partial charge in [-0.3, -0.25) is 0 Å². The van der Waals surface area contributed by atoms with Crippen LogP contribution >= 0.6 is 11.6 Å². The molecule has 21 heavy (non-hydrogen) atoms. The molecule has 4 nitrogen and oxygen atoms in total. The van der Waals surface area contributed by atoms with Gasteiger partial charge < -0.3 is 5.32 Å². The normalized spacial score (nSPS) is 16.9. The lowest BCUT2D eigenvalue weighted by molar-refractivity contribution is 0.538. The molecule has 6 heteroatoms. The fourth-order valence-electron chi connectivity index (χ4n) is 2.24. The molecule has 1 unspecified atom stereocenters. The summed E-state index contributed by atoms with van der Waals surface area (Å²) in [4.78, 5) is 0.235. The van der Waals surface area contributed by atoms with E-state index in [2.05, 4.69) is 17.0 Å². The molecule has 0 saturated heterocycles. The predicted molar refractivity (Wildman–Crippen MR) is 86.0 cm³/mol. The number of nitrogens with one attached hydrogen (secondary N) is 2. The number of halogens is 1. The van der Waals surface area contributed by atoms with Gasteiger partial charge in [-0.2, -0.15) is 0 Å². The lowest BCUT2D eigenvalue weighted by Gasteiger charge is -2.14. The predicted octanol–water partition coefficient (Wildman–Crippen LogP) is 2.92. The highest BCUT2D eigenvalue weighted by Crippen LogP contribution is 2.33. The molecule has 0 aromatic heterocycles. The maximum atomic E-state index is 12.3. The van der Waals surface area contributed by atoms with Gasteiger partial charge in [0, 0.05) is 17.6 Å². The molecular formula is C15H23ClN2O2S. The highest BCUT2D eigenvalue weighted by atomic mass is 35.5. The van der Waals surface area contributed by atoms with Crippen LogP contribution in [-0.2, 0) is 16.6 Å². The Balaban J connectivity index is 2.07. The zero-order valence-electron chi connectivity index (χ0n) is 12.5. The van der Waals surface area contributed by atoms with Crippen LogP contribution in [0.3, 0.4) is 0 Å². The average Bonchev–Trinajstić information content (AvgIpc) is 3.24. The fourth-order valence-corrected chi connectivity index (χ4v) is 3.89. The van der Waals surface area contributed by atoms with Gasteiger partial charge in [0.05, 0.1) is 4.90 Å². The van der Waals surface area contributed by atoms with E-state index in [9.17, 15) is 8.42 Å². The summed E-state index contributed by atoms with van der Waals surface area (Å²) in [6, 6.07) is 4.92. The Morgan fingerprint density at radius 2 is 2.10 bits per heavy atom. The summed E-state index contributed by atoms with van der Waals surface area (Å²) in [5.74, 6) is 0.479. The molecule has 1 saturated carbocycles. The van der Waals surface area contributed by atoms with E-state index in [1.165, 1.54) is 6.07 Å². The van der Waals surface area contributed by atoms with Gasteiger partial charge in [-0.25, -0.2) is 13.1 Å². The maximum Gasteiger partial charge on any atom is 0.240 e. The lowest BCUT2D eigenvalue weighted by atomic mass is 10.2. The summed E-state index contributed by atoms with van der Waals surface area (Å²) < 4.78 is 27.4. The van der Waals surface area contributed by atoms with Crippen LogP contribution in [0.2, 0.25) is 5.02 Å². The summed E-state index contributed by atoms with van der Waals surface area (Å²) in [5, 5.41) is 3.74. The molecule has 2 N–H and O–H groups in total. The molecule has 1 aromatic carbocycles. The number of hydrogen-bond donors (Lipinski definition) is 2. The summed E-state index contributed by atoms with van der Waals surface area (Å²) in [7, 11) is -3.48. The van der Waals surface area contributed by atoms with Crippen molar-refractivity contribution in [2.24, 2.45) is 5.92 Å². The van der Waals surface area contributed by atoms with E-state index in [0.717, 1.165) is 31.4 Å². The van der Waals surface area contributed by atoms with Crippen LogP contribution in [0.4, 0.5) is 0 Å². The van der Waals surface area contributed by atoms with Gasteiger partial charge in [-0.05, 0) is 56.3 Å². The van der Waals surface area contributed by atoms with Crippen molar-refractivity contribution in [1.82, 2.24) is 10.0 Å². The first kappa shape index (κ1) is 16.7. The minimum absolute atomic E-state index is 0.0142. The van der Waals surface area contributed by atoms with Crippen molar-refractivity contribution in [2.45, 2.75) is 50.6 Å². The van der Waals surface area contributed by atoms with Crippen molar-refractivity contribution in [2.75, 3.05) is 6.54 Å². The number of hydrogen-bond acceptors (Lipinski definition) is 3. The van der Waals surface area contributed by atoms with E-state index < -0.39 is 10.0 Å². The molecule has 0 spiro atoms. The van der Waals surface area contributed by atoms with Gasteiger partial charge in [0.15, 0.2) is 0 Å². The van der Waals surface area contributed by atoms with E-state index in [1.54, 1.807) is 12.1 Å². The lowest BCUT2D eigenvalue weighted by Crippen LogP contribution is -2.34. The summed E-state index contributed by atoms with van der Waals surface area (Å²) >= 11 is 6.19. The summed E-state index contributed by atoms with van der Waals surface area (Å²) in [6.45, 7) is 5.58. The van der Waals surface area contributed by atoms with Gasteiger partial charge in [0.1, 0.15) is 0 Å². The SMILES string of the molecule is CCCNCc1ccc(S(=O)(=O)NC(C)C2CC2)cc1Cl. The van der Waals surface area contributed by atoms with E-state index >= 15 is 0 Å². The van der Waals surface area contributed by atoms with Crippen molar-refractivity contribution < 1.29 is 8.42 Å². The summed E-state index contributed by atoms with van der Waals surface area (Å²) in [6.07, 6.45) is 3.26. The van der Waals surface area contributed by atoms with Crippen LogP contribution in [-0.4, -0.2) is 21.0 Å². The Morgan fingerprint density at radius 1 is 1.38 bits per heavy atom. The Morgan fingerprint density at radius 3 is 2.67 bits per heavy atom. The third kappa shape index (κ3) is 4.68. The van der Waals surface area contributed by atoms with Crippen LogP contribution in [0.1, 0.15) is 38.7 Å². The molecule has 0 heterocycles. The van der Waals surface area contributed by atoms with Crippen molar-refractivity contribution in [3.63, 3.8) is 0 Å². The second-order valence-electron chi connectivity index (χ2n) is 5.68. The third-order valence-corrected chi connectivity index (χ3v) is 5.66. The molecule has 0 aliphatic heterocycles. The first-order chi connectivity index (χ1) is 9.94. The Hall–Kier alpha value is -0.620.